The highest BCUT2D eigenvalue weighted by Crippen LogP contribution is 2.47. The minimum absolute atomic E-state index is 0. The van der Waals surface area contributed by atoms with Crippen LogP contribution < -0.4 is 15.6 Å². The third-order valence-corrected chi connectivity index (χ3v) is 14.3. The van der Waals surface area contributed by atoms with E-state index in [1.165, 1.54) is 35.5 Å². The Balaban J connectivity index is 0.000000262. The molecule has 386 valence electrons. The van der Waals surface area contributed by atoms with Crippen molar-refractivity contribution < 1.29 is 47.3 Å². The number of carbonyl (C=O) groups is 4. The Hall–Kier alpha value is -5.91. The number of ketones is 2. The Labute approximate surface area is 432 Å². The van der Waals surface area contributed by atoms with Gasteiger partial charge in [0, 0.05) is 66.6 Å². The predicted octanol–water partition coefficient (Wildman–Crippen LogP) is 9.07. The largest absolute Gasteiger partial charge is 0.503 e. The van der Waals surface area contributed by atoms with E-state index in [0.717, 1.165) is 5.56 Å². The fourth-order valence-electron chi connectivity index (χ4n) is 9.96. The van der Waals surface area contributed by atoms with Gasteiger partial charge in [-0.25, -0.2) is 8.78 Å². The van der Waals surface area contributed by atoms with E-state index in [9.17, 15) is 42.7 Å². The summed E-state index contributed by atoms with van der Waals surface area (Å²) >= 11 is 11.7. The normalized spacial score (nSPS) is 20.3. The summed E-state index contributed by atoms with van der Waals surface area (Å²) in [7, 11) is 6.54. The Morgan fingerprint density at radius 1 is 0.667 bits per heavy atom. The third kappa shape index (κ3) is 10.6. The smallest absolute Gasteiger partial charge is 0.274 e. The van der Waals surface area contributed by atoms with E-state index < -0.39 is 56.8 Å². The summed E-state index contributed by atoms with van der Waals surface area (Å²) in [4.78, 5) is 81.7. The van der Waals surface area contributed by atoms with Crippen molar-refractivity contribution in [2.24, 2.45) is 0 Å². The van der Waals surface area contributed by atoms with Crippen LogP contribution in [-0.4, -0.2) is 101 Å². The number of aromatic nitrogens is 2. The lowest BCUT2D eigenvalue weighted by molar-refractivity contribution is -0.0674. The molecule has 2 saturated carbocycles. The molecule has 2 fully saturated rings. The Morgan fingerprint density at radius 2 is 1.10 bits per heavy atom. The van der Waals surface area contributed by atoms with Crippen molar-refractivity contribution in [2.45, 2.75) is 96.1 Å². The standard InChI is InChI=1S/C29H28ClFN2O5.C22H22ClFN2O5.2CH4.ClH/c1-32-17-29(13-20(14-29)37-2)33-15-21(23(34)12-11-19-9-6-10-22(30)24(19)31)26(35)27(25(33)28(32)36)38-16-18-7-4-3-5-8-18;1-25-11-22(8-13(9-22)31-2)26-10-14(19(28)20(29)18(26)21(25)30)16(27)7-6-12-4-3-5-15(23)17(12)24;;;/h3-10,15,20H,11-14,16-17H2,1-2H3;3-5,10,13,29H,6-9,11H2,1-2H3;2*1H4;1H. The van der Waals surface area contributed by atoms with Gasteiger partial charge in [-0.05, 0) is 67.3 Å². The summed E-state index contributed by atoms with van der Waals surface area (Å²) in [5.74, 6) is -3.91. The first-order valence-electron chi connectivity index (χ1n) is 22.4. The molecule has 2 aliphatic carbocycles. The maximum atomic E-state index is 14.4. The first kappa shape index (κ1) is 57.0. The molecule has 3 aromatic carbocycles. The van der Waals surface area contributed by atoms with E-state index in [-0.39, 0.29) is 122 Å². The number of methoxy groups -OCH3 is 2. The number of likely N-dealkylation sites (N-methyl/N-ethyl adjacent to an activating group) is 2. The molecule has 9 rings (SSSR count). The van der Waals surface area contributed by atoms with E-state index in [1.807, 2.05) is 30.3 Å². The van der Waals surface area contributed by atoms with Crippen LogP contribution in [0.25, 0.3) is 0 Å². The van der Waals surface area contributed by atoms with Crippen LogP contribution >= 0.6 is 35.6 Å². The van der Waals surface area contributed by atoms with Crippen LogP contribution in [0.4, 0.5) is 8.78 Å². The number of hydrogen-bond donors (Lipinski definition) is 1. The van der Waals surface area contributed by atoms with Crippen LogP contribution in [0.5, 0.6) is 11.5 Å². The number of aryl methyl sites for hydroxylation is 2. The molecule has 4 heterocycles. The van der Waals surface area contributed by atoms with Gasteiger partial charge in [-0.2, -0.15) is 0 Å². The van der Waals surface area contributed by atoms with Gasteiger partial charge >= 0.3 is 0 Å². The Morgan fingerprint density at radius 3 is 1.56 bits per heavy atom. The van der Waals surface area contributed by atoms with Crippen LogP contribution in [0.15, 0.2) is 88.7 Å². The summed E-state index contributed by atoms with van der Waals surface area (Å²) in [5.41, 5.74) is -1.56. The molecule has 4 aliphatic rings. The lowest BCUT2D eigenvalue weighted by Gasteiger charge is -2.53. The van der Waals surface area contributed by atoms with Gasteiger partial charge < -0.3 is 38.3 Å². The van der Waals surface area contributed by atoms with Crippen LogP contribution in [0.3, 0.4) is 0 Å². The number of amides is 2. The van der Waals surface area contributed by atoms with Crippen molar-refractivity contribution in [2.75, 3.05) is 41.4 Å². The van der Waals surface area contributed by atoms with E-state index in [2.05, 4.69) is 0 Å². The van der Waals surface area contributed by atoms with Crippen LogP contribution in [0.2, 0.25) is 10.0 Å². The lowest BCUT2D eigenvalue weighted by Crippen LogP contribution is -2.61. The van der Waals surface area contributed by atoms with Crippen molar-refractivity contribution in [1.29, 1.82) is 0 Å². The van der Waals surface area contributed by atoms with Crippen molar-refractivity contribution in [1.82, 2.24) is 18.9 Å². The summed E-state index contributed by atoms with van der Waals surface area (Å²) in [6.07, 6.45) is 5.12. The number of benzene rings is 3. The second kappa shape index (κ2) is 22.9. The Bertz CT molecular complexity index is 2990. The highest BCUT2D eigenvalue weighted by Gasteiger charge is 2.53. The molecule has 72 heavy (non-hydrogen) atoms. The number of Topliss-reactive ketones (excluding diaryl/α,β-unsaturated/α-hetero) is 2. The van der Waals surface area contributed by atoms with Gasteiger partial charge in [0.15, 0.2) is 34.5 Å². The minimum atomic E-state index is -0.899. The molecule has 0 unspecified atom stereocenters. The number of ether oxygens (including phenoxy) is 3. The van der Waals surface area contributed by atoms with E-state index >= 15 is 0 Å². The maximum Gasteiger partial charge on any atom is 0.274 e. The molecule has 1 N–H and O–H groups in total. The molecule has 0 atom stereocenters. The van der Waals surface area contributed by atoms with Gasteiger partial charge in [0.1, 0.15) is 18.2 Å². The fraction of sp³-hybridized carbons (Fsp3) is 0.396. The molecular weight excluding hydrogens is 997 g/mol. The third-order valence-electron chi connectivity index (χ3n) is 13.8. The molecule has 5 aromatic rings. The highest BCUT2D eigenvalue weighted by atomic mass is 35.5. The molecule has 0 bridgehead atoms. The number of halogens is 5. The zero-order valence-electron chi connectivity index (χ0n) is 38.8. The molecule has 2 aliphatic heterocycles. The van der Waals surface area contributed by atoms with Crippen LogP contribution in [-0.2, 0) is 40.0 Å². The Kier molecular flexibility index (Phi) is 18.1. The van der Waals surface area contributed by atoms with Crippen molar-refractivity contribution in [3.8, 4) is 11.5 Å². The zero-order chi connectivity index (χ0) is 49.5. The molecule has 2 aromatic heterocycles. The number of aromatic hydroxyl groups is 1. The predicted molar refractivity (Wildman–Crippen MR) is 273 cm³/mol. The minimum Gasteiger partial charge on any atom is -0.503 e. The van der Waals surface area contributed by atoms with E-state index in [0.29, 0.717) is 44.3 Å². The van der Waals surface area contributed by atoms with Crippen LogP contribution in [0, 0.1) is 11.6 Å². The average molecular weight is 1060 g/mol. The first-order chi connectivity index (χ1) is 32.9. The number of nitrogens with zero attached hydrogens (tertiary/aromatic N) is 4. The maximum absolute atomic E-state index is 14.4. The number of pyridine rings is 2. The van der Waals surface area contributed by atoms with Gasteiger partial charge in [-0.3, -0.25) is 28.8 Å². The summed E-state index contributed by atoms with van der Waals surface area (Å²) < 4.78 is 48.7. The highest BCUT2D eigenvalue weighted by molar-refractivity contribution is 6.31. The number of hydrogen-bond acceptors (Lipinski definition) is 10. The average Bonchev–Trinajstić information content (AvgIpc) is 3.31. The van der Waals surface area contributed by atoms with Crippen molar-refractivity contribution in [3.63, 3.8) is 0 Å². The molecule has 2 amide bonds. The quantitative estimate of drug-likeness (QED) is 0.112. The monoisotopic (exact) mass is 1050 g/mol. The topological polar surface area (TPSA) is 167 Å². The number of carbonyl (C=O) groups excluding carboxylic acids is 4. The van der Waals surface area contributed by atoms with E-state index in [1.54, 1.807) is 60.5 Å². The molecule has 0 radical (unpaired) electrons. The van der Waals surface area contributed by atoms with Gasteiger partial charge in [0.2, 0.25) is 10.9 Å². The fourth-order valence-corrected chi connectivity index (χ4v) is 10.3. The van der Waals surface area contributed by atoms with Gasteiger partial charge in [-0.1, -0.05) is 92.7 Å². The molecule has 2 spiro atoms. The number of fused-ring (bicyclic) bond motifs is 4. The summed E-state index contributed by atoms with van der Waals surface area (Å²) in [5, 5.41) is 10.5. The lowest BCUT2D eigenvalue weighted by atomic mass is 9.72. The van der Waals surface area contributed by atoms with Crippen molar-refractivity contribution in [3.05, 3.63) is 160 Å². The second-order valence-electron chi connectivity index (χ2n) is 18.2. The van der Waals surface area contributed by atoms with Gasteiger partial charge in [0.05, 0.1) is 44.5 Å². The van der Waals surface area contributed by atoms with Crippen molar-refractivity contribution >= 4 is 59.0 Å². The summed E-state index contributed by atoms with van der Waals surface area (Å²) in [6, 6.07) is 18.4. The van der Waals surface area contributed by atoms with E-state index in [4.69, 9.17) is 37.4 Å². The van der Waals surface area contributed by atoms with Crippen LogP contribution in [0.1, 0.15) is 112 Å². The molecule has 0 saturated heterocycles. The second-order valence-corrected chi connectivity index (χ2v) is 19.0. The zero-order valence-corrected chi connectivity index (χ0v) is 41.1. The number of rotatable bonds is 13. The molecule has 19 heteroatoms. The van der Waals surface area contributed by atoms with Gasteiger partial charge in [0.25, 0.3) is 11.8 Å². The SMILES string of the molecule is C.C.COC1CC2(C1)CN(C)C(=O)c1c(O)c(=O)c(C(=O)CCc3cccc(Cl)c3F)cn12.COC1CC2(C1)CN(C)C(=O)c1c(OCc3ccccc3)c(=O)c(C(=O)CCc3cccc(Cl)c3F)cn12.Cl. The van der Waals surface area contributed by atoms with Gasteiger partial charge in [-0.15, -0.1) is 12.4 Å². The summed E-state index contributed by atoms with van der Waals surface area (Å²) in [6.45, 7) is 0.850. The first-order valence-corrected chi connectivity index (χ1v) is 23.1. The molecule has 14 nitrogen and oxygen atoms in total. The molecular formula is C53H59Cl3F2N4O10.